The highest BCUT2D eigenvalue weighted by Gasteiger charge is 2.26. The Labute approximate surface area is 143 Å². The van der Waals surface area contributed by atoms with Gasteiger partial charge in [0.1, 0.15) is 0 Å². The van der Waals surface area contributed by atoms with Crippen molar-refractivity contribution in [2.75, 3.05) is 26.7 Å². The molecule has 1 atom stereocenters. The van der Waals surface area contributed by atoms with Crippen molar-refractivity contribution in [1.82, 2.24) is 30.6 Å². The first kappa shape index (κ1) is 16.1. The van der Waals surface area contributed by atoms with Gasteiger partial charge < -0.3 is 9.84 Å². The van der Waals surface area contributed by atoms with Gasteiger partial charge in [-0.25, -0.2) is 0 Å². The number of halogens is 1. The summed E-state index contributed by atoms with van der Waals surface area (Å²) in [5.74, 6) is 1.15. The first-order valence-electron chi connectivity index (χ1n) is 7.15. The fourth-order valence-electron chi connectivity index (χ4n) is 2.56. The van der Waals surface area contributed by atoms with Crippen LogP contribution < -0.4 is 5.32 Å². The Morgan fingerprint density at radius 2 is 2.35 bits per heavy atom. The average molecular weight is 353 g/mol. The van der Waals surface area contributed by atoms with Crippen LogP contribution in [0.25, 0.3) is 22.2 Å². The molecule has 4 rings (SSSR count). The lowest BCUT2D eigenvalue weighted by Crippen LogP contribution is -2.44. The summed E-state index contributed by atoms with van der Waals surface area (Å²) in [5.41, 5.74) is 1.63. The number of hydrogen-bond acceptors (Lipinski definition) is 7. The molecule has 1 aliphatic rings. The van der Waals surface area contributed by atoms with Crippen molar-refractivity contribution < 1.29 is 4.52 Å². The largest absolute Gasteiger partial charge is 0.332 e. The van der Waals surface area contributed by atoms with E-state index in [0.717, 1.165) is 30.2 Å². The number of rotatable bonds is 3. The van der Waals surface area contributed by atoms with Gasteiger partial charge in [0, 0.05) is 19.6 Å². The number of piperazine rings is 1. The van der Waals surface area contributed by atoms with Gasteiger partial charge in [-0.3, -0.25) is 10.00 Å². The first-order chi connectivity index (χ1) is 10.8. The van der Waals surface area contributed by atoms with Crippen LogP contribution in [0.1, 0.15) is 11.9 Å². The van der Waals surface area contributed by atoms with E-state index in [1.165, 1.54) is 0 Å². The number of nitrogens with one attached hydrogen (secondary N) is 2. The van der Waals surface area contributed by atoms with Crippen LogP contribution in [0.5, 0.6) is 0 Å². The summed E-state index contributed by atoms with van der Waals surface area (Å²) in [7, 11) is 2.07. The van der Waals surface area contributed by atoms with Gasteiger partial charge in [-0.15, -0.1) is 23.7 Å². The average Bonchev–Trinajstić information content (AvgIpc) is 3.27. The molecule has 7 nitrogen and oxygen atoms in total. The standard InChI is InChI=1S/C14H16N6OS.ClH/c1-20-5-4-15-8-11(20)13-16-14(21-19-13)10-7-9(17-18-10)12-3-2-6-22-12;/h2-3,6-7,11,15H,4-5,8H2,1H3,(H,17,18);1H. The van der Waals surface area contributed by atoms with Gasteiger partial charge in [0.15, 0.2) is 11.5 Å². The quantitative estimate of drug-likeness (QED) is 0.751. The molecule has 0 aromatic carbocycles. The third-order valence-electron chi connectivity index (χ3n) is 3.83. The van der Waals surface area contributed by atoms with Gasteiger partial charge in [-0.2, -0.15) is 10.1 Å². The van der Waals surface area contributed by atoms with Gasteiger partial charge in [-0.1, -0.05) is 11.2 Å². The minimum Gasteiger partial charge on any atom is -0.332 e. The molecule has 3 aromatic heterocycles. The van der Waals surface area contributed by atoms with Crippen LogP contribution in [0.15, 0.2) is 28.1 Å². The summed E-state index contributed by atoms with van der Waals surface area (Å²) < 4.78 is 5.39. The number of likely N-dealkylation sites (N-methyl/N-ethyl adjacent to an activating group) is 1. The van der Waals surface area contributed by atoms with Crippen LogP contribution >= 0.6 is 23.7 Å². The zero-order valence-corrected chi connectivity index (χ0v) is 14.2. The maximum absolute atomic E-state index is 5.39. The van der Waals surface area contributed by atoms with E-state index in [-0.39, 0.29) is 18.4 Å². The van der Waals surface area contributed by atoms with Crippen molar-refractivity contribution >= 4 is 23.7 Å². The second-order valence-corrected chi connectivity index (χ2v) is 6.25. The minimum atomic E-state index is 0. The summed E-state index contributed by atoms with van der Waals surface area (Å²) in [6.07, 6.45) is 0. The molecule has 1 saturated heterocycles. The van der Waals surface area contributed by atoms with Crippen LogP contribution in [-0.4, -0.2) is 51.9 Å². The van der Waals surface area contributed by atoms with Crippen LogP contribution in [-0.2, 0) is 0 Å². The molecule has 1 unspecified atom stereocenters. The SMILES string of the molecule is CN1CCNCC1c1noc(-c2cc(-c3cccs3)[nH]n2)n1.Cl. The molecular weight excluding hydrogens is 336 g/mol. The van der Waals surface area contributed by atoms with Crippen molar-refractivity contribution in [2.24, 2.45) is 0 Å². The number of aromatic nitrogens is 4. The highest BCUT2D eigenvalue weighted by molar-refractivity contribution is 7.13. The van der Waals surface area contributed by atoms with E-state index in [2.05, 4.69) is 37.6 Å². The van der Waals surface area contributed by atoms with E-state index < -0.39 is 0 Å². The highest BCUT2D eigenvalue weighted by atomic mass is 35.5. The van der Waals surface area contributed by atoms with E-state index in [0.29, 0.717) is 17.4 Å². The monoisotopic (exact) mass is 352 g/mol. The molecule has 4 heterocycles. The maximum Gasteiger partial charge on any atom is 0.278 e. The van der Waals surface area contributed by atoms with Gasteiger partial charge in [-0.05, 0) is 24.6 Å². The fourth-order valence-corrected chi connectivity index (χ4v) is 3.25. The normalized spacial score (nSPS) is 18.7. The molecule has 122 valence electrons. The summed E-state index contributed by atoms with van der Waals surface area (Å²) in [4.78, 5) is 7.87. The van der Waals surface area contributed by atoms with E-state index in [9.17, 15) is 0 Å². The first-order valence-corrected chi connectivity index (χ1v) is 8.03. The van der Waals surface area contributed by atoms with E-state index >= 15 is 0 Å². The molecule has 1 aliphatic heterocycles. The van der Waals surface area contributed by atoms with E-state index in [1.807, 2.05) is 23.6 Å². The van der Waals surface area contributed by atoms with Crippen LogP contribution in [0.3, 0.4) is 0 Å². The van der Waals surface area contributed by atoms with Crippen molar-refractivity contribution in [3.8, 4) is 22.2 Å². The van der Waals surface area contributed by atoms with Crippen LogP contribution in [0.2, 0.25) is 0 Å². The van der Waals surface area contributed by atoms with Gasteiger partial charge >= 0.3 is 0 Å². The number of hydrogen-bond donors (Lipinski definition) is 2. The molecule has 0 radical (unpaired) electrons. The van der Waals surface area contributed by atoms with Gasteiger partial charge in [0.05, 0.1) is 16.6 Å². The molecule has 2 N–H and O–H groups in total. The molecule has 9 heteroatoms. The lowest BCUT2D eigenvalue weighted by molar-refractivity contribution is 0.190. The second-order valence-electron chi connectivity index (χ2n) is 5.30. The molecule has 1 fully saturated rings. The molecule has 0 aliphatic carbocycles. The lowest BCUT2D eigenvalue weighted by Gasteiger charge is -2.30. The van der Waals surface area contributed by atoms with E-state index in [1.54, 1.807) is 11.3 Å². The Bertz CT molecular complexity index is 755. The van der Waals surface area contributed by atoms with Crippen molar-refractivity contribution in [2.45, 2.75) is 6.04 Å². The fraction of sp³-hybridized carbons (Fsp3) is 0.357. The molecule has 0 amide bonds. The molecular formula is C14H17ClN6OS. The molecule has 0 saturated carbocycles. The Morgan fingerprint density at radius 3 is 3.13 bits per heavy atom. The van der Waals surface area contributed by atoms with Crippen molar-refractivity contribution in [3.63, 3.8) is 0 Å². The highest BCUT2D eigenvalue weighted by Crippen LogP contribution is 2.27. The maximum atomic E-state index is 5.39. The molecule has 0 spiro atoms. The van der Waals surface area contributed by atoms with Crippen LogP contribution in [0, 0.1) is 0 Å². The third kappa shape index (κ3) is 3.16. The third-order valence-corrected chi connectivity index (χ3v) is 4.74. The Morgan fingerprint density at radius 1 is 1.43 bits per heavy atom. The van der Waals surface area contributed by atoms with Gasteiger partial charge in [0.25, 0.3) is 5.89 Å². The summed E-state index contributed by atoms with van der Waals surface area (Å²) in [5, 5.41) is 16.8. The van der Waals surface area contributed by atoms with Crippen LogP contribution in [0.4, 0.5) is 0 Å². The number of nitrogens with zero attached hydrogens (tertiary/aromatic N) is 4. The Kier molecular flexibility index (Phi) is 4.76. The Hall–Kier alpha value is -1.74. The zero-order chi connectivity index (χ0) is 14.9. The summed E-state index contributed by atoms with van der Waals surface area (Å²) in [6.45, 7) is 2.79. The number of thiophene rings is 1. The summed E-state index contributed by atoms with van der Waals surface area (Å²) in [6, 6.07) is 6.13. The summed E-state index contributed by atoms with van der Waals surface area (Å²) >= 11 is 1.66. The number of H-pyrrole nitrogens is 1. The predicted octanol–water partition coefficient (Wildman–Crippen LogP) is 2.19. The molecule has 0 bridgehead atoms. The predicted molar refractivity (Wildman–Crippen MR) is 90.7 cm³/mol. The topological polar surface area (TPSA) is 82.9 Å². The van der Waals surface area contributed by atoms with E-state index in [4.69, 9.17) is 4.52 Å². The molecule has 23 heavy (non-hydrogen) atoms. The zero-order valence-electron chi connectivity index (χ0n) is 12.5. The molecule has 3 aromatic rings. The van der Waals surface area contributed by atoms with Crippen molar-refractivity contribution in [1.29, 1.82) is 0 Å². The second kappa shape index (κ2) is 6.79. The Balaban J connectivity index is 0.00000156. The minimum absolute atomic E-state index is 0. The van der Waals surface area contributed by atoms with Gasteiger partial charge in [0.2, 0.25) is 0 Å². The smallest absolute Gasteiger partial charge is 0.278 e. The number of aromatic amines is 1. The van der Waals surface area contributed by atoms with Crippen molar-refractivity contribution in [3.05, 3.63) is 29.4 Å². The lowest BCUT2D eigenvalue weighted by atomic mass is 10.2.